The summed E-state index contributed by atoms with van der Waals surface area (Å²) in [7, 11) is 0. The Labute approximate surface area is 142 Å². The van der Waals surface area contributed by atoms with Crippen molar-refractivity contribution >= 4 is 11.8 Å². The van der Waals surface area contributed by atoms with Crippen molar-refractivity contribution in [2.75, 3.05) is 6.54 Å². The largest absolute Gasteiger partial charge is 0.416 e. The van der Waals surface area contributed by atoms with Gasteiger partial charge in [-0.3, -0.25) is 9.59 Å². The van der Waals surface area contributed by atoms with Crippen LogP contribution in [0.3, 0.4) is 0 Å². The lowest BCUT2D eigenvalue weighted by molar-refractivity contribution is -0.139. The summed E-state index contributed by atoms with van der Waals surface area (Å²) in [6.07, 6.45) is -2.00. The Morgan fingerprint density at radius 3 is 2.60 bits per heavy atom. The van der Waals surface area contributed by atoms with Crippen LogP contribution in [0, 0.1) is 11.7 Å². The van der Waals surface area contributed by atoms with Crippen LogP contribution in [-0.2, 0) is 22.3 Å². The van der Waals surface area contributed by atoms with Gasteiger partial charge < -0.3 is 10.2 Å². The average Bonchev–Trinajstić information content (AvgIpc) is 3.38. The molecule has 1 aliphatic carbocycles. The van der Waals surface area contributed by atoms with Gasteiger partial charge in [0.15, 0.2) is 0 Å². The zero-order valence-corrected chi connectivity index (χ0v) is 13.4. The summed E-state index contributed by atoms with van der Waals surface area (Å²) < 4.78 is 51.8. The highest BCUT2D eigenvalue weighted by Crippen LogP contribution is 2.32. The molecule has 0 aromatic heterocycles. The molecule has 1 aromatic carbocycles. The first-order chi connectivity index (χ1) is 11.8. The Balaban J connectivity index is 1.61. The first-order valence-electron chi connectivity index (χ1n) is 8.18. The SMILES string of the molecule is O=C(NCc1cc(C(F)(F)F)ccc1F)[C@H]1CCC(=O)N(C2CC2)C1. The third-order valence-corrected chi connectivity index (χ3v) is 4.63. The second kappa shape index (κ2) is 6.65. The maximum atomic E-state index is 13.7. The molecule has 25 heavy (non-hydrogen) atoms. The van der Waals surface area contributed by atoms with Gasteiger partial charge in [0.1, 0.15) is 5.82 Å². The van der Waals surface area contributed by atoms with E-state index in [1.807, 2.05) is 0 Å². The Hall–Kier alpha value is -2.12. The minimum Gasteiger partial charge on any atom is -0.352 e. The summed E-state index contributed by atoms with van der Waals surface area (Å²) in [4.78, 5) is 25.8. The van der Waals surface area contributed by atoms with Crippen LogP contribution in [0.5, 0.6) is 0 Å². The number of nitrogens with one attached hydrogen (secondary N) is 1. The molecule has 0 spiro atoms. The van der Waals surface area contributed by atoms with Gasteiger partial charge >= 0.3 is 6.18 Å². The zero-order valence-electron chi connectivity index (χ0n) is 13.4. The van der Waals surface area contributed by atoms with Crippen LogP contribution >= 0.6 is 0 Å². The fourth-order valence-electron chi connectivity index (χ4n) is 3.04. The molecule has 1 atom stereocenters. The highest BCUT2D eigenvalue weighted by atomic mass is 19.4. The van der Waals surface area contributed by atoms with E-state index >= 15 is 0 Å². The number of likely N-dealkylation sites (tertiary alicyclic amines) is 1. The average molecular weight is 358 g/mol. The molecule has 0 radical (unpaired) electrons. The van der Waals surface area contributed by atoms with Crippen molar-refractivity contribution in [2.24, 2.45) is 5.92 Å². The summed E-state index contributed by atoms with van der Waals surface area (Å²) in [6, 6.07) is 2.33. The molecule has 0 bridgehead atoms. The number of rotatable bonds is 4. The molecule has 2 fully saturated rings. The van der Waals surface area contributed by atoms with E-state index in [-0.39, 0.29) is 36.4 Å². The van der Waals surface area contributed by atoms with E-state index in [4.69, 9.17) is 0 Å². The fraction of sp³-hybridized carbons (Fsp3) is 0.529. The van der Waals surface area contributed by atoms with Crippen LogP contribution < -0.4 is 5.32 Å². The predicted molar refractivity (Wildman–Crippen MR) is 80.7 cm³/mol. The molecule has 2 amide bonds. The summed E-state index contributed by atoms with van der Waals surface area (Å²) in [6.45, 7) is 0.00285. The molecule has 1 saturated heterocycles. The van der Waals surface area contributed by atoms with Crippen molar-refractivity contribution in [3.05, 3.63) is 35.1 Å². The van der Waals surface area contributed by atoms with Gasteiger partial charge in [-0.25, -0.2) is 4.39 Å². The smallest absolute Gasteiger partial charge is 0.352 e. The number of amides is 2. The molecule has 0 unspecified atom stereocenters. The van der Waals surface area contributed by atoms with E-state index in [0.29, 0.717) is 25.1 Å². The topological polar surface area (TPSA) is 49.4 Å². The maximum absolute atomic E-state index is 13.7. The lowest BCUT2D eigenvalue weighted by Gasteiger charge is -2.32. The molecule has 1 aromatic rings. The molecule has 136 valence electrons. The van der Waals surface area contributed by atoms with Gasteiger partial charge in [-0.05, 0) is 37.5 Å². The number of carbonyl (C=O) groups excluding carboxylic acids is 2. The van der Waals surface area contributed by atoms with Crippen LogP contribution in [0.25, 0.3) is 0 Å². The van der Waals surface area contributed by atoms with E-state index in [9.17, 15) is 27.2 Å². The van der Waals surface area contributed by atoms with Gasteiger partial charge in [-0.2, -0.15) is 13.2 Å². The first kappa shape index (κ1) is 17.7. The number of carbonyl (C=O) groups is 2. The van der Waals surface area contributed by atoms with Gasteiger partial charge in [0, 0.05) is 31.1 Å². The number of halogens is 4. The number of alkyl halides is 3. The third-order valence-electron chi connectivity index (χ3n) is 4.63. The highest BCUT2D eigenvalue weighted by Gasteiger charge is 2.38. The van der Waals surface area contributed by atoms with E-state index in [1.165, 1.54) is 0 Å². The molecule has 4 nitrogen and oxygen atoms in total. The Bertz CT molecular complexity index is 686. The standard InChI is InChI=1S/C17H18F4N2O2/c18-14-5-2-12(17(19,20)21)7-11(14)8-22-16(25)10-1-6-15(24)23(9-10)13-3-4-13/h2,5,7,10,13H,1,3-4,6,8-9H2,(H,22,25)/t10-/m0/s1. The number of nitrogens with zero attached hydrogens (tertiary/aromatic N) is 1. The summed E-state index contributed by atoms with van der Waals surface area (Å²) in [5.41, 5.74) is -1.17. The summed E-state index contributed by atoms with van der Waals surface area (Å²) in [5.74, 6) is -1.54. The number of benzene rings is 1. The van der Waals surface area contributed by atoms with Gasteiger partial charge in [0.2, 0.25) is 11.8 Å². The quantitative estimate of drug-likeness (QED) is 0.842. The van der Waals surface area contributed by atoms with Gasteiger partial charge in [0.25, 0.3) is 0 Å². The fourth-order valence-corrected chi connectivity index (χ4v) is 3.04. The second-order valence-electron chi connectivity index (χ2n) is 6.53. The second-order valence-corrected chi connectivity index (χ2v) is 6.53. The molecule has 1 aliphatic heterocycles. The van der Waals surface area contributed by atoms with Crippen molar-refractivity contribution in [1.29, 1.82) is 0 Å². The molecule has 1 saturated carbocycles. The Kier molecular flexibility index (Phi) is 4.71. The first-order valence-corrected chi connectivity index (χ1v) is 8.18. The van der Waals surface area contributed by atoms with E-state index in [2.05, 4.69) is 5.32 Å². The van der Waals surface area contributed by atoms with Crippen molar-refractivity contribution in [1.82, 2.24) is 10.2 Å². The van der Waals surface area contributed by atoms with E-state index < -0.39 is 23.5 Å². The van der Waals surface area contributed by atoms with Crippen LogP contribution in [0.4, 0.5) is 17.6 Å². The normalized spacial score (nSPS) is 21.4. The van der Waals surface area contributed by atoms with Crippen LogP contribution in [0.1, 0.15) is 36.8 Å². The molecule has 8 heteroatoms. The molecular weight excluding hydrogens is 340 g/mol. The summed E-state index contributed by atoms with van der Waals surface area (Å²) in [5, 5.41) is 2.50. The maximum Gasteiger partial charge on any atom is 0.416 e. The number of hydrogen-bond acceptors (Lipinski definition) is 2. The highest BCUT2D eigenvalue weighted by molar-refractivity contribution is 5.84. The van der Waals surface area contributed by atoms with E-state index in [1.54, 1.807) is 4.90 Å². The number of piperidine rings is 1. The summed E-state index contributed by atoms with van der Waals surface area (Å²) >= 11 is 0. The minimum atomic E-state index is -4.57. The van der Waals surface area contributed by atoms with Crippen LogP contribution in [0.2, 0.25) is 0 Å². The van der Waals surface area contributed by atoms with Crippen molar-refractivity contribution in [2.45, 2.75) is 44.4 Å². The number of hydrogen-bond donors (Lipinski definition) is 1. The molecule has 1 heterocycles. The van der Waals surface area contributed by atoms with Crippen LogP contribution in [0.15, 0.2) is 18.2 Å². The van der Waals surface area contributed by atoms with Crippen molar-refractivity contribution < 1.29 is 27.2 Å². The minimum absolute atomic E-state index is 0.0375. The third kappa shape index (κ3) is 4.11. The van der Waals surface area contributed by atoms with Crippen LogP contribution in [-0.4, -0.2) is 29.3 Å². The zero-order chi connectivity index (χ0) is 18.2. The lowest BCUT2D eigenvalue weighted by atomic mass is 9.96. The molecule has 1 N–H and O–H groups in total. The monoisotopic (exact) mass is 358 g/mol. The van der Waals surface area contributed by atoms with Gasteiger partial charge in [0.05, 0.1) is 11.5 Å². The molecule has 2 aliphatic rings. The lowest BCUT2D eigenvalue weighted by Crippen LogP contribution is -2.46. The Morgan fingerprint density at radius 1 is 1.24 bits per heavy atom. The molecule has 3 rings (SSSR count). The van der Waals surface area contributed by atoms with Gasteiger partial charge in [-0.15, -0.1) is 0 Å². The molecular formula is C17H18F4N2O2. The Morgan fingerprint density at radius 2 is 1.96 bits per heavy atom. The van der Waals surface area contributed by atoms with Crippen molar-refractivity contribution in [3.63, 3.8) is 0 Å². The van der Waals surface area contributed by atoms with Crippen molar-refractivity contribution in [3.8, 4) is 0 Å². The predicted octanol–water partition coefficient (Wildman–Crippen LogP) is 2.86. The van der Waals surface area contributed by atoms with Gasteiger partial charge in [-0.1, -0.05) is 0 Å². The van der Waals surface area contributed by atoms with E-state index in [0.717, 1.165) is 18.9 Å².